The van der Waals surface area contributed by atoms with Crippen LogP contribution >= 0.6 is 0 Å². The Labute approximate surface area is 176 Å². The lowest BCUT2D eigenvalue weighted by Crippen LogP contribution is -2.11. The number of fused-ring (bicyclic) bond motifs is 1. The summed E-state index contributed by atoms with van der Waals surface area (Å²) in [5, 5.41) is 0. The standard InChI is InChI=1S/C26H25NO3/c1-2-29-26(28)22-19-24(27-17-10-9-15-23(22)27)25(21-13-7-4-8-14-21)30-18-16-20-11-5-3-6-12-20/h3-15,17,19,25H,2,16,18H2,1H3. The van der Waals surface area contributed by atoms with Crippen LogP contribution in [0, 0.1) is 0 Å². The average Bonchev–Trinajstić information content (AvgIpc) is 3.18. The highest BCUT2D eigenvalue weighted by Gasteiger charge is 2.23. The molecule has 0 radical (unpaired) electrons. The fourth-order valence-electron chi connectivity index (χ4n) is 3.67. The van der Waals surface area contributed by atoms with Crippen molar-refractivity contribution >= 4 is 11.5 Å². The molecule has 0 saturated heterocycles. The first kappa shape index (κ1) is 19.9. The summed E-state index contributed by atoms with van der Waals surface area (Å²) in [6.45, 7) is 2.73. The second kappa shape index (κ2) is 9.42. The van der Waals surface area contributed by atoms with Crippen LogP contribution in [-0.4, -0.2) is 23.6 Å². The van der Waals surface area contributed by atoms with E-state index in [0.29, 0.717) is 18.8 Å². The molecular formula is C26H25NO3. The van der Waals surface area contributed by atoms with Gasteiger partial charge in [-0.05, 0) is 42.7 Å². The van der Waals surface area contributed by atoms with Crippen LogP contribution < -0.4 is 0 Å². The van der Waals surface area contributed by atoms with Crippen molar-refractivity contribution in [3.05, 3.63) is 114 Å². The summed E-state index contributed by atoms with van der Waals surface area (Å²) < 4.78 is 13.7. The van der Waals surface area contributed by atoms with Gasteiger partial charge in [-0.25, -0.2) is 4.79 Å². The molecule has 2 heterocycles. The lowest BCUT2D eigenvalue weighted by atomic mass is 10.1. The molecule has 30 heavy (non-hydrogen) atoms. The van der Waals surface area contributed by atoms with E-state index in [1.165, 1.54) is 5.56 Å². The molecular weight excluding hydrogens is 374 g/mol. The second-order valence-corrected chi connectivity index (χ2v) is 7.06. The molecule has 0 saturated carbocycles. The largest absolute Gasteiger partial charge is 0.462 e. The molecule has 152 valence electrons. The molecule has 0 aliphatic heterocycles. The smallest absolute Gasteiger partial charge is 0.340 e. The lowest BCUT2D eigenvalue weighted by Gasteiger charge is -2.19. The fraction of sp³-hybridized carbons (Fsp3) is 0.192. The average molecular weight is 399 g/mol. The van der Waals surface area contributed by atoms with Gasteiger partial charge in [0, 0.05) is 6.20 Å². The van der Waals surface area contributed by atoms with E-state index in [0.717, 1.165) is 23.2 Å². The maximum atomic E-state index is 12.6. The zero-order chi connectivity index (χ0) is 20.8. The first-order valence-corrected chi connectivity index (χ1v) is 10.3. The van der Waals surface area contributed by atoms with E-state index in [2.05, 4.69) is 24.3 Å². The third-order valence-corrected chi connectivity index (χ3v) is 5.09. The van der Waals surface area contributed by atoms with Crippen molar-refractivity contribution in [3.8, 4) is 0 Å². The van der Waals surface area contributed by atoms with Crippen molar-refractivity contribution in [3.63, 3.8) is 0 Å². The maximum Gasteiger partial charge on any atom is 0.340 e. The Morgan fingerprint density at radius 1 is 0.933 bits per heavy atom. The number of benzene rings is 2. The second-order valence-electron chi connectivity index (χ2n) is 7.06. The quantitative estimate of drug-likeness (QED) is 0.369. The molecule has 0 bridgehead atoms. The summed E-state index contributed by atoms with van der Waals surface area (Å²) in [6.07, 6.45) is 2.48. The minimum atomic E-state index is -0.316. The van der Waals surface area contributed by atoms with Crippen molar-refractivity contribution in [2.45, 2.75) is 19.4 Å². The van der Waals surface area contributed by atoms with Crippen molar-refractivity contribution < 1.29 is 14.3 Å². The van der Waals surface area contributed by atoms with E-state index < -0.39 is 0 Å². The van der Waals surface area contributed by atoms with Crippen molar-refractivity contribution in [2.24, 2.45) is 0 Å². The van der Waals surface area contributed by atoms with E-state index in [4.69, 9.17) is 9.47 Å². The van der Waals surface area contributed by atoms with Crippen LogP contribution in [0.15, 0.2) is 91.1 Å². The Hall–Kier alpha value is -3.37. The maximum absolute atomic E-state index is 12.6. The summed E-state index contributed by atoms with van der Waals surface area (Å²) in [5.41, 5.74) is 4.56. The van der Waals surface area contributed by atoms with Gasteiger partial charge in [-0.15, -0.1) is 0 Å². The zero-order valence-corrected chi connectivity index (χ0v) is 17.0. The molecule has 2 aromatic heterocycles. The molecule has 0 N–H and O–H groups in total. The molecule has 1 atom stereocenters. The topological polar surface area (TPSA) is 39.9 Å². The molecule has 2 aromatic carbocycles. The number of hydrogen-bond donors (Lipinski definition) is 0. The van der Waals surface area contributed by atoms with Gasteiger partial charge < -0.3 is 13.9 Å². The Balaban J connectivity index is 1.70. The van der Waals surface area contributed by atoms with Gasteiger partial charge in [-0.3, -0.25) is 0 Å². The van der Waals surface area contributed by atoms with Crippen LogP contribution in [0.25, 0.3) is 5.52 Å². The minimum Gasteiger partial charge on any atom is -0.462 e. The number of ether oxygens (including phenoxy) is 2. The highest BCUT2D eigenvalue weighted by atomic mass is 16.5. The van der Waals surface area contributed by atoms with Gasteiger partial charge in [0.25, 0.3) is 0 Å². The number of carbonyl (C=O) groups excluding carboxylic acids is 1. The van der Waals surface area contributed by atoms with E-state index >= 15 is 0 Å². The highest BCUT2D eigenvalue weighted by molar-refractivity contribution is 5.97. The van der Waals surface area contributed by atoms with Crippen molar-refractivity contribution in [2.75, 3.05) is 13.2 Å². The van der Waals surface area contributed by atoms with Crippen molar-refractivity contribution in [1.29, 1.82) is 0 Å². The molecule has 4 nitrogen and oxygen atoms in total. The predicted octanol–water partition coefficient (Wildman–Crippen LogP) is 5.46. The molecule has 4 rings (SSSR count). The predicted molar refractivity (Wildman–Crippen MR) is 118 cm³/mol. The van der Waals surface area contributed by atoms with Gasteiger partial charge in [-0.1, -0.05) is 66.7 Å². The fourth-order valence-corrected chi connectivity index (χ4v) is 3.67. The Morgan fingerprint density at radius 2 is 1.63 bits per heavy atom. The van der Waals surface area contributed by atoms with Gasteiger partial charge in [0.1, 0.15) is 6.10 Å². The first-order valence-electron chi connectivity index (χ1n) is 10.3. The minimum absolute atomic E-state index is 0.298. The van der Waals surface area contributed by atoms with Crippen LogP contribution in [0.1, 0.15) is 40.2 Å². The van der Waals surface area contributed by atoms with Gasteiger partial charge in [-0.2, -0.15) is 0 Å². The van der Waals surface area contributed by atoms with Gasteiger partial charge in [0.2, 0.25) is 0 Å². The highest BCUT2D eigenvalue weighted by Crippen LogP contribution is 2.30. The summed E-state index contributed by atoms with van der Waals surface area (Å²) in [6, 6.07) is 28.1. The summed E-state index contributed by atoms with van der Waals surface area (Å²) in [5.74, 6) is -0.316. The lowest BCUT2D eigenvalue weighted by molar-refractivity contribution is 0.0528. The number of nitrogens with zero attached hydrogens (tertiary/aromatic N) is 1. The monoisotopic (exact) mass is 399 g/mol. The van der Waals surface area contributed by atoms with Gasteiger partial charge in [0.05, 0.1) is 30.0 Å². The number of hydrogen-bond acceptors (Lipinski definition) is 3. The number of pyridine rings is 1. The molecule has 4 heteroatoms. The Kier molecular flexibility index (Phi) is 6.26. The van der Waals surface area contributed by atoms with E-state index in [9.17, 15) is 4.79 Å². The van der Waals surface area contributed by atoms with Crippen LogP contribution in [0.5, 0.6) is 0 Å². The third kappa shape index (κ3) is 4.29. The molecule has 0 fully saturated rings. The van der Waals surface area contributed by atoms with Gasteiger partial charge >= 0.3 is 5.97 Å². The normalized spacial score (nSPS) is 12.0. The third-order valence-electron chi connectivity index (χ3n) is 5.09. The molecule has 0 aliphatic rings. The number of aromatic nitrogens is 1. The number of carbonyl (C=O) groups is 1. The summed E-state index contributed by atoms with van der Waals surface area (Å²) >= 11 is 0. The molecule has 4 aromatic rings. The van der Waals surface area contributed by atoms with E-state index in [1.807, 2.05) is 78.2 Å². The van der Waals surface area contributed by atoms with E-state index in [1.54, 1.807) is 0 Å². The van der Waals surface area contributed by atoms with Crippen LogP contribution in [-0.2, 0) is 15.9 Å². The van der Waals surface area contributed by atoms with Gasteiger partial charge in [0.15, 0.2) is 0 Å². The summed E-state index contributed by atoms with van der Waals surface area (Å²) in [7, 11) is 0. The summed E-state index contributed by atoms with van der Waals surface area (Å²) in [4.78, 5) is 12.6. The number of rotatable bonds is 8. The first-order chi connectivity index (χ1) is 14.8. The molecule has 0 amide bonds. The molecule has 0 aliphatic carbocycles. The van der Waals surface area contributed by atoms with E-state index in [-0.39, 0.29) is 12.1 Å². The van der Waals surface area contributed by atoms with Crippen molar-refractivity contribution in [1.82, 2.24) is 4.40 Å². The SMILES string of the molecule is CCOC(=O)c1cc(C(OCCc2ccccc2)c2ccccc2)n2ccccc12. The Bertz CT molecular complexity index is 1100. The van der Waals surface area contributed by atoms with Crippen LogP contribution in [0.4, 0.5) is 0 Å². The zero-order valence-electron chi connectivity index (χ0n) is 17.0. The number of esters is 1. The molecule has 1 unspecified atom stereocenters. The van der Waals surface area contributed by atoms with Crippen LogP contribution in [0.3, 0.4) is 0 Å². The van der Waals surface area contributed by atoms with Crippen LogP contribution in [0.2, 0.25) is 0 Å². The molecule has 0 spiro atoms. The Morgan fingerprint density at radius 3 is 2.37 bits per heavy atom.